The molecule has 2 heterocycles. The summed E-state index contributed by atoms with van der Waals surface area (Å²) in [5, 5.41) is 6.14. The second-order valence-electron chi connectivity index (χ2n) is 5.82. The van der Waals surface area contributed by atoms with Crippen molar-refractivity contribution in [2.24, 2.45) is 0 Å². The van der Waals surface area contributed by atoms with Crippen LogP contribution in [0.2, 0.25) is 0 Å². The molecule has 3 rings (SSSR count). The number of amides is 2. The fraction of sp³-hybridized carbons (Fsp3) is 0.412. The molecule has 1 unspecified atom stereocenters. The number of nitrogens with one attached hydrogen (secondary N) is 1. The minimum absolute atomic E-state index is 0.0135. The topological polar surface area (TPSA) is 48.5 Å². The minimum Gasteiger partial charge on any atom is -0.345 e. The molecule has 5 nitrogen and oxygen atoms in total. The number of urea groups is 1. The van der Waals surface area contributed by atoms with Crippen molar-refractivity contribution in [3.05, 3.63) is 47.0 Å². The van der Waals surface area contributed by atoms with Gasteiger partial charge in [-0.3, -0.25) is 0 Å². The molecular formula is C17H22N4OS. The number of piperazine rings is 1. The first kappa shape index (κ1) is 15.8. The molecule has 0 spiro atoms. The predicted molar refractivity (Wildman–Crippen MR) is 94.0 cm³/mol. The van der Waals surface area contributed by atoms with Gasteiger partial charge in [0.25, 0.3) is 0 Å². The molecular weight excluding hydrogens is 308 g/mol. The van der Waals surface area contributed by atoms with E-state index in [4.69, 9.17) is 0 Å². The average molecular weight is 330 g/mol. The van der Waals surface area contributed by atoms with Crippen LogP contribution >= 0.6 is 11.3 Å². The lowest BCUT2D eigenvalue weighted by Gasteiger charge is -2.35. The number of rotatable bonds is 3. The minimum atomic E-state index is 0.0135. The maximum atomic E-state index is 12.5. The van der Waals surface area contributed by atoms with Crippen molar-refractivity contribution < 1.29 is 4.79 Å². The molecule has 0 aliphatic carbocycles. The Hall–Kier alpha value is -2.08. The Labute approximate surface area is 140 Å². The van der Waals surface area contributed by atoms with E-state index in [0.29, 0.717) is 0 Å². The van der Waals surface area contributed by atoms with Gasteiger partial charge in [-0.05, 0) is 25.0 Å². The summed E-state index contributed by atoms with van der Waals surface area (Å²) in [6.45, 7) is 7.23. The Bertz CT molecular complexity index is 650. The zero-order chi connectivity index (χ0) is 16.2. The largest absolute Gasteiger partial charge is 0.345 e. The van der Waals surface area contributed by atoms with Crippen molar-refractivity contribution in [3.63, 3.8) is 0 Å². The average Bonchev–Trinajstić information content (AvgIpc) is 3.09. The van der Waals surface area contributed by atoms with Crippen LogP contribution in [-0.2, 0) is 0 Å². The lowest BCUT2D eigenvalue weighted by Crippen LogP contribution is -2.52. The molecule has 1 atom stereocenters. The van der Waals surface area contributed by atoms with Crippen LogP contribution in [-0.4, -0.2) is 42.1 Å². The van der Waals surface area contributed by atoms with Crippen molar-refractivity contribution in [2.45, 2.75) is 19.9 Å². The summed E-state index contributed by atoms with van der Waals surface area (Å²) < 4.78 is 0. The molecule has 122 valence electrons. The van der Waals surface area contributed by atoms with Crippen molar-refractivity contribution in [1.82, 2.24) is 15.2 Å². The van der Waals surface area contributed by atoms with Gasteiger partial charge in [-0.1, -0.05) is 24.3 Å². The molecule has 1 aromatic carbocycles. The lowest BCUT2D eigenvalue weighted by atomic mass is 10.0. The molecule has 23 heavy (non-hydrogen) atoms. The van der Waals surface area contributed by atoms with E-state index in [-0.39, 0.29) is 12.1 Å². The molecule has 2 amide bonds. The highest BCUT2D eigenvalue weighted by atomic mass is 32.1. The number of hydrogen-bond donors (Lipinski definition) is 1. The van der Waals surface area contributed by atoms with Crippen LogP contribution in [0, 0.1) is 6.92 Å². The normalized spacial score (nSPS) is 16.3. The number of carbonyl (C=O) groups is 1. The highest BCUT2D eigenvalue weighted by molar-refractivity contribution is 7.13. The molecule has 1 saturated heterocycles. The van der Waals surface area contributed by atoms with Gasteiger partial charge in [0, 0.05) is 37.8 Å². The van der Waals surface area contributed by atoms with Gasteiger partial charge >= 0.3 is 6.03 Å². The molecule has 2 aromatic rings. The zero-order valence-corrected chi connectivity index (χ0v) is 14.3. The van der Waals surface area contributed by atoms with Crippen molar-refractivity contribution in [1.29, 1.82) is 0 Å². The monoisotopic (exact) mass is 330 g/mol. The first-order chi connectivity index (χ1) is 11.1. The van der Waals surface area contributed by atoms with Gasteiger partial charge in [0.1, 0.15) is 0 Å². The van der Waals surface area contributed by atoms with E-state index in [1.54, 1.807) is 11.3 Å². The van der Waals surface area contributed by atoms with Gasteiger partial charge < -0.3 is 15.1 Å². The van der Waals surface area contributed by atoms with Crippen molar-refractivity contribution in [3.8, 4) is 0 Å². The summed E-state index contributed by atoms with van der Waals surface area (Å²) >= 11 is 1.64. The molecule has 1 aliphatic rings. The Morgan fingerprint density at radius 3 is 2.65 bits per heavy atom. The van der Waals surface area contributed by atoms with Crippen molar-refractivity contribution in [2.75, 3.05) is 31.1 Å². The van der Waals surface area contributed by atoms with Gasteiger partial charge in [-0.2, -0.15) is 0 Å². The molecule has 6 heteroatoms. The third kappa shape index (κ3) is 3.64. The van der Waals surface area contributed by atoms with E-state index in [9.17, 15) is 4.79 Å². The van der Waals surface area contributed by atoms with Gasteiger partial charge in [0.05, 0.1) is 6.04 Å². The number of aromatic nitrogens is 1. The fourth-order valence-electron chi connectivity index (χ4n) is 2.90. The van der Waals surface area contributed by atoms with Crippen LogP contribution in [0.3, 0.4) is 0 Å². The Morgan fingerprint density at radius 1 is 1.26 bits per heavy atom. The van der Waals surface area contributed by atoms with Crippen molar-refractivity contribution >= 4 is 22.5 Å². The SMILES string of the molecule is Cc1ccccc1C(C)NC(=O)N1CCN(c2nccs2)CC1. The summed E-state index contributed by atoms with van der Waals surface area (Å²) in [7, 11) is 0. The molecule has 1 N–H and O–H groups in total. The van der Waals surface area contributed by atoms with E-state index in [1.807, 2.05) is 35.5 Å². The number of aryl methyl sites for hydroxylation is 1. The lowest BCUT2D eigenvalue weighted by molar-refractivity contribution is 0.191. The number of anilines is 1. The second kappa shape index (κ2) is 7.00. The molecule has 0 radical (unpaired) electrons. The van der Waals surface area contributed by atoms with Gasteiger partial charge in [-0.15, -0.1) is 11.3 Å². The first-order valence-corrected chi connectivity index (χ1v) is 8.78. The predicted octanol–water partition coefficient (Wildman–Crippen LogP) is 3.04. The Morgan fingerprint density at radius 2 is 2.00 bits per heavy atom. The Balaban J connectivity index is 1.54. The van der Waals surface area contributed by atoms with Crippen LogP contribution in [0.25, 0.3) is 0 Å². The van der Waals surface area contributed by atoms with Crippen LogP contribution in [0.15, 0.2) is 35.8 Å². The summed E-state index contributed by atoms with van der Waals surface area (Å²) in [5.74, 6) is 0. The number of nitrogens with zero attached hydrogens (tertiary/aromatic N) is 3. The molecule has 0 bridgehead atoms. The fourth-order valence-corrected chi connectivity index (χ4v) is 3.60. The molecule has 1 aromatic heterocycles. The second-order valence-corrected chi connectivity index (χ2v) is 6.69. The summed E-state index contributed by atoms with van der Waals surface area (Å²) in [4.78, 5) is 20.9. The van der Waals surface area contributed by atoms with Crippen LogP contribution in [0.5, 0.6) is 0 Å². The van der Waals surface area contributed by atoms with Crippen LogP contribution in [0.4, 0.5) is 9.93 Å². The van der Waals surface area contributed by atoms with E-state index in [1.165, 1.54) is 11.1 Å². The van der Waals surface area contributed by atoms with Gasteiger partial charge in [0.2, 0.25) is 0 Å². The molecule has 1 aliphatic heterocycles. The summed E-state index contributed by atoms with van der Waals surface area (Å²) in [5.41, 5.74) is 2.37. The Kier molecular flexibility index (Phi) is 4.81. The number of hydrogen-bond acceptors (Lipinski definition) is 4. The number of thiazole rings is 1. The quantitative estimate of drug-likeness (QED) is 0.941. The van der Waals surface area contributed by atoms with E-state index < -0.39 is 0 Å². The standard InChI is InChI=1S/C17H22N4OS/c1-13-5-3-4-6-15(13)14(2)19-16(22)20-8-10-21(11-9-20)17-18-7-12-23-17/h3-7,12,14H,8-11H2,1-2H3,(H,19,22). The highest BCUT2D eigenvalue weighted by Crippen LogP contribution is 2.20. The smallest absolute Gasteiger partial charge is 0.317 e. The highest BCUT2D eigenvalue weighted by Gasteiger charge is 2.23. The summed E-state index contributed by atoms with van der Waals surface area (Å²) in [6.07, 6.45) is 1.82. The maximum absolute atomic E-state index is 12.5. The third-order valence-electron chi connectivity index (χ3n) is 4.25. The first-order valence-electron chi connectivity index (χ1n) is 7.90. The number of benzene rings is 1. The van der Waals surface area contributed by atoms with Crippen LogP contribution in [0.1, 0.15) is 24.1 Å². The molecule has 1 fully saturated rings. The zero-order valence-electron chi connectivity index (χ0n) is 13.5. The van der Waals surface area contributed by atoms with E-state index in [2.05, 4.69) is 34.3 Å². The summed E-state index contributed by atoms with van der Waals surface area (Å²) in [6, 6.07) is 8.20. The molecule has 0 saturated carbocycles. The number of carbonyl (C=O) groups excluding carboxylic acids is 1. The van der Waals surface area contributed by atoms with Crippen LogP contribution < -0.4 is 10.2 Å². The maximum Gasteiger partial charge on any atom is 0.317 e. The van der Waals surface area contributed by atoms with E-state index >= 15 is 0 Å². The van der Waals surface area contributed by atoms with E-state index in [0.717, 1.165) is 31.3 Å². The van der Waals surface area contributed by atoms with Gasteiger partial charge in [-0.25, -0.2) is 9.78 Å². The van der Waals surface area contributed by atoms with Gasteiger partial charge in [0.15, 0.2) is 5.13 Å². The third-order valence-corrected chi connectivity index (χ3v) is 5.08.